The molecule has 1 heterocycles. The van der Waals surface area contributed by atoms with E-state index in [0.717, 1.165) is 25.0 Å². The first-order chi connectivity index (χ1) is 10.1. The lowest BCUT2D eigenvalue weighted by Crippen LogP contribution is -2.35. The van der Waals surface area contributed by atoms with E-state index in [-0.39, 0.29) is 29.9 Å². The van der Waals surface area contributed by atoms with E-state index in [1.165, 1.54) is 6.07 Å². The molecule has 1 saturated heterocycles. The predicted octanol–water partition coefficient (Wildman–Crippen LogP) is 1.37. The van der Waals surface area contributed by atoms with Crippen LogP contribution in [0.25, 0.3) is 0 Å². The third-order valence-corrected chi connectivity index (χ3v) is 3.28. The van der Waals surface area contributed by atoms with Gasteiger partial charge in [-0.2, -0.15) is 0 Å². The zero-order valence-corrected chi connectivity index (χ0v) is 11.9. The summed E-state index contributed by atoms with van der Waals surface area (Å²) in [5.74, 6) is -1.16. The van der Waals surface area contributed by atoms with Crippen molar-refractivity contribution >= 4 is 11.9 Å². The molecule has 1 aliphatic heterocycles. The monoisotopic (exact) mass is 293 g/mol. The fraction of sp³-hybridized carbons (Fsp3) is 0.467. The number of carbonyl (C=O) groups excluding carboxylic acids is 1. The van der Waals surface area contributed by atoms with E-state index in [1.54, 1.807) is 12.1 Å². The lowest BCUT2D eigenvalue weighted by molar-refractivity contribution is -0.123. The summed E-state index contributed by atoms with van der Waals surface area (Å²) < 4.78 is 10.7. The highest BCUT2D eigenvalue weighted by molar-refractivity contribution is 5.91. The van der Waals surface area contributed by atoms with E-state index in [2.05, 4.69) is 5.32 Å². The molecule has 0 aromatic heterocycles. The largest absolute Gasteiger partial charge is 0.483 e. The first kappa shape index (κ1) is 15.3. The van der Waals surface area contributed by atoms with Gasteiger partial charge in [-0.3, -0.25) is 4.79 Å². The Morgan fingerprint density at radius 3 is 2.95 bits per heavy atom. The maximum atomic E-state index is 11.7. The van der Waals surface area contributed by atoms with Crippen molar-refractivity contribution in [3.63, 3.8) is 0 Å². The number of nitrogens with one attached hydrogen (secondary N) is 1. The van der Waals surface area contributed by atoms with Crippen LogP contribution in [0.1, 0.15) is 28.8 Å². The smallest absolute Gasteiger partial charge is 0.339 e. The molecule has 1 unspecified atom stereocenters. The van der Waals surface area contributed by atoms with E-state index < -0.39 is 5.97 Å². The minimum Gasteiger partial charge on any atom is -0.483 e. The van der Waals surface area contributed by atoms with E-state index in [1.807, 2.05) is 6.92 Å². The summed E-state index contributed by atoms with van der Waals surface area (Å²) in [6, 6.07) is 4.77. The minimum atomic E-state index is -1.08. The Balaban J connectivity index is 1.85. The van der Waals surface area contributed by atoms with Gasteiger partial charge in [-0.05, 0) is 37.5 Å². The van der Waals surface area contributed by atoms with Crippen molar-refractivity contribution in [2.24, 2.45) is 0 Å². The second kappa shape index (κ2) is 7.08. The number of carboxylic acid groups (broad SMARTS) is 1. The average molecular weight is 293 g/mol. The molecule has 0 radical (unpaired) electrons. The van der Waals surface area contributed by atoms with Gasteiger partial charge < -0.3 is 19.9 Å². The first-order valence-corrected chi connectivity index (χ1v) is 6.91. The van der Waals surface area contributed by atoms with Gasteiger partial charge >= 0.3 is 5.97 Å². The number of rotatable bonds is 6. The van der Waals surface area contributed by atoms with Crippen LogP contribution in [0.15, 0.2) is 18.2 Å². The van der Waals surface area contributed by atoms with Gasteiger partial charge in [0.25, 0.3) is 5.91 Å². The van der Waals surface area contributed by atoms with Crippen molar-refractivity contribution in [1.29, 1.82) is 0 Å². The summed E-state index contributed by atoms with van der Waals surface area (Å²) in [4.78, 5) is 22.8. The van der Waals surface area contributed by atoms with Gasteiger partial charge in [0.05, 0.1) is 6.10 Å². The van der Waals surface area contributed by atoms with Crippen molar-refractivity contribution in [3.05, 3.63) is 29.3 Å². The van der Waals surface area contributed by atoms with Crippen LogP contribution in [0.3, 0.4) is 0 Å². The number of hydrogen-bond donors (Lipinski definition) is 2. The highest BCUT2D eigenvalue weighted by Crippen LogP contribution is 2.20. The molecule has 114 valence electrons. The van der Waals surface area contributed by atoms with Crippen LogP contribution in [0, 0.1) is 6.92 Å². The molecule has 6 nitrogen and oxygen atoms in total. The van der Waals surface area contributed by atoms with Gasteiger partial charge in [0, 0.05) is 13.2 Å². The Hall–Kier alpha value is -2.08. The molecule has 1 aromatic carbocycles. The van der Waals surface area contributed by atoms with E-state index in [9.17, 15) is 9.59 Å². The Kier molecular flexibility index (Phi) is 5.16. The van der Waals surface area contributed by atoms with Gasteiger partial charge in [-0.1, -0.05) is 6.07 Å². The summed E-state index contributed by atoms with van der Waals surface area (Å²) in [5.41, 5.74) is 0.919. The van der Waals surface area contributed by atoms with E-state index >= 15 is 0 Å². The highest BCUT2D eigenvalue weighted by Gasteiger charge is 2.17. The van der Waals surface area contributed by atoms with Crippen LogP contribution >= 0.6 is 0 Å². The molecule has 0 aliphatic carbocycles. The maximum Gasteiger partial charge on any atom is 0.339 e. The van der Waals surface area contributed by atoms with Crippen molar-refractivity contribution in [3.8, 4) is 5.75 Å². The zero-order chi connectivity index (χ0) is 15.2. The number of ether oxygens (including phenoxy) is 2. The fourth-order valence-electron chi connectivity index (χ4n) is 2.15. The first-order valence-electron chi connectivity index (χ1n) is 6.91. The van der Waals surface area contributed by atoms with Crippen LogP contribution in [-0.2, 0) is 9.53 Å². The van der Waals surface area contributed by atoms with Crippen LogP contribution in [0.2, 0.25) is 0 Å². The van der Waals surface area contributed by atoms with Gasteiger partial charge in [0.1, 0.15) is 11.3 Å². The molecule has 0 saturated carbocycles. The summed E-state index contributed by atoms with van der Waals surface area (Å²) in [6.07, 6.45) is 2.03. The molecular formula is C15H19NO5. The number of aryl methyl sites for hydroxylation is 1. The fourth-order valence-corrected chi connectivity index (χ4v) is 2.15. The van der Waals surface area contributed by atoms with Crippen molar-refractivity contribution in [1.82, 2.24) is 5.32 Å². The van der Waals surface area contributed by atoms with Crippen LogP contribution in [0.4, 0.5) is 0 Å². The number of carboxylic acids is 1. The van der Waals surface area contributed by atoms with Gasteiger partial charge in [0.15, 0.2) is 6.61 Å². The summed E-state index contributed by atoms with van der Waals surface area (Å²) in [6.45, 7) is 2.82. The van der Waals surface area contributed by atoms with Crippen molar-refractivity contribution in [2.75, 3.05) is 19.8 Å². The Morgan fingerprint density at radius 2 is 2.29 bits per heavy atom. The molecule has 1 fully saturated rings. The highest BCUT2D eigenvalue weighted by atomic mass is 16.5. The molecule has 2 rings (SSSR count). The molecular weight excluding hydrogens is 274 g/mol. The lowest BCUT2D eigenvalue weighted by atomic mass is 10.1. The number of aromatic carboxylic acids is 1. The molecule has 0 spiro atoms. The summed E-state index contributed by atoms with van der Waals surface area (Å²) in [5, 5.41) is 11.8. The normalized spacial score (nSPS) is 17.5. The third-order valence-electron chi connectivity index (χ3n) is 3.28. The topological polar surface area (TPSA) is 84.9 Å². The van der Waals surface area contributed by atoms with Gasteiger partial charge in [-0.15, -0.1) is 0 Å². The van der Waals surface area contributed by atoms with Crippen molar-refractivity contribution in [2.45, 2.75) is 25.9 Å². The molecule has 21 heavy (non-hydrogen) atoms. The maximum absolute atomic E-state index is 11.7. The molecule has 0 bridgehead atoms. The standard InChI is InChI=1S/C15H19NO5/c1-10-4-5-12(15(18)19)13(7-10)21-9-14(17)16-8-11-3-2-6-20-11/h4-5,7,11H,2-3,6,8-9H2,1H3,(H,16,17)(H,18,19). The minimum absolute atomic E-state index is 0.0486. The van der Waals surface area contributed by atoms with Crippen LogP contribution in [-0.4, -0.2) is 42.8 Å². The zero-order valence-electron chi connectivity index (χ0n) is 11.9. The van der Waals surface area contributed by atoms with Crippen LogP contribution < -0.4 is 10.1 Å². The second-order valence-electron chi connectivity index (χ2n) is 5.03. The molecule has 1 aromatic rings. The predicted molar refractivity (Wildman–Crippen MR) is 75.6 cm³/mol. The number of carbonyl (C=O) groups is 2. The lowest BCUT2D eigenvalue weighted by Gasteiger charge is -2.12. The van der Waals surface area contributed by atoms with E-state index in [4.69, 9.17) is 14.6 Å². The Labute approximate surface area is 123 Å². The van der Waals surface area contributed by atoms with Crippen molar-refractivity contribution < 1.29 is 24.2 Å². The summed E-state index contributed by atoms with van der Waals surface area (Å²) >= 11 is 0. The Bertz CT molecular complexity index is 523. The SMILES string of the molecule is Cc1ccc(C(=O)O)c(OCC(=O)NCC2CCCO2)c1. The second-order valence-corrected chi connectivity index (χ2v) is 5.03. The molecule has 6 heteroatoms. The quantitative estimate of drug-likeness (QED) is 0.827. The molecule has 1 aliphatic rings. The average Bonchev–Trinajstić information content (AvgIpc) is 2.96. The van der Waals surface area contributed by atoms with Gasteiger partial charge in [0.2, 0.25) is 0 Å². The molecule has 1 amide bonds. The number of amides is 1. The van der Waals surface area contributed by atoms with Gasteiger partial charge in [-0.25, -0.2) is 4.79 Å². The molecule has 1 atom stereocenters. The number of benzene rings is 1. The third kappa shape index (κ3) is 4.46. The summed E-state index contributed by atoms with van der Waals surface area (Å²) in [7, 11) is 0. The van der Waals surface area contributed by atoms with E-state index in [0.29, 0.717) is 6.54 Å². The van der Waals surface area contributed by atoms with Crippen LogP contribution in [0.5, 0.6) is 5.75 Å². The Morgan fingerprint density at radius 1 is 1.48 bits per heavy atom. The number of hydrogen-bond acceptors (Lipinski definition) is 4. The molecule has 2 N–H and O–H groups in total.